The molecule has 1 aromatic heterocycles. The number of benzene rings is 1. The first-order chi connectivity index (χ1) is 10.2. The zero-order chi connectivity index (χ0) is 15.1. The van der Waals surface area contributed by atoms with Crippen molar-refractivity contribution in [2.45, 2.75) is 26.0 Å². The van der Waals surface area contributed by atoms with Gasteiger partial charge < -0.3 is 14.8 Å². The van der Waals surface area contributed by atoms with Crippen LogP contribution >= 0.6 is 0 Å². The summed E-state index contributed by atoms with van der Waals surface area (Å²) in [7, 11) is 1.91. The Hall–Kier alpha value is -2.07. The zero-order valence-electron chi connectivity index (χ0n) is 12.7. The summed E-state index contributed by atoms with van der Waals surface area (Å²) in [6.07, 6.45) is 3.70. The van der Waals surface area contributed by atoms with Crippen LogP contribution < -0.4 is 14.8 Å². The second-order valence-electron chi connectivity index (χ2n) is 5.09. The number of hydrogen-bond donors (Lipinski definition) is 1. The quantitative estimate of drug-likeness (QED) is 0.849. The number of aromatic nitrogens is 1. The number of nitrogens with zero attached hydrogens (tertiary/aromatic N) is 1. The molecule has 0 fully saturated rings. The highest BCUT2D eigenvalue weighted by Crippen LogP contribution is 2.20. The third kappa shape index (κ3) is 4.76. The molecule has 112 valence electrons. The Kier molecular flexibility index (Phi) is 5.58. The summed E-state index contributed by atoms with van der Waals surface area (Å²) in [5, 5.41) is 3.25. The topological polar surface area (TPSA) is 43.4 Å². The number of nitrogens with one attached hydrogen (secondary N) is 1. The minimum Gasteiger partial charge on any atom is -0.492 e. The largest absolute Gasteiger partial charge is 0.492 e. The molecular formula is C17H22N2O2. The van der Waals surface area contributed by atoms with Gasteiger partial charge >= 0.3 is 0 Å². The van der Waals surface area contributed by atoms with Crippen molar-refractivity contribution in [3.63, 3.8) is 0 Å². The second-order valence-corrected chi connectivity index (χ2v) is 5.09. The van der Waals surface area contributed by atoms with Gasteiger partial charge in [-0.1, -0.05) is 18.2 Å². The molecule has 4 heteroatoms. The van der Waals surface area contributed by atoms with Gasteiger partial charge in [0.25, 0.3) is 0 Å². The number of pyridine rings is 1. The third-order valence-electron chi connectivity index (χ3n) is 3.02. The van der Waals surface area contributed by atoms with Gasteiger partial charge in [0, 0.05) is 6.20 Å². The van der Waals surface area contributed by atoms with Crippen LogP contribution in [0.2, 0.25) is 0 Å². The second kappa shape index (κ2) is 7.64. The van der Waals surface area contributed by atoms with E-state index in [-0.39, 0.29) is 12.1 Å². The number of likely N-dealkylation sites (N-methyl/N-ethyl adjacent to an activating group) is 1. The van der Waals surface area contributed by atoms with Gasteiger partial charge in [-0.2, -0.15) is 0 Å². The molecular weight excluding hydrogens is 264 g/mol. The average Bonchev–Trinajstić information content (AvgIpc) is 2.49. The van der Waals surface area contributed by atoms with Crippen molar-refractivity contribution >= 4 is 0 Å². The third-order valence-corrected chi connectivity index (χ3v) is 3.02. The Bertz CT molecular complexity index is 543. The Morgan fingerprint density at radius 2 is 1.86 bits per heavy atom. The Morgan fingerprint density at radius 3 is 2.52 bits per heavy atom. The number of para-hydroxylation sites is 1. The number of hydrogen-bond acceptors (Lipinski definition) is 4. The van der Waals surface area contributed by atoms with Crippen molar-refractivity contribution in [3.05, 3.63) is 54.4 Å². The highest BCUT2D eigenvalue weighted by molar-refractivity contribution is 5.27. The maximum Gasteiger partial charge on any atom is 0.138 e. The van der Waals surface area contributed by atoms with Gasteiger partial charge in [-0.15, -0.1) is 0 Å². The molecule has 1 aromatic carbocycles. The highest BCUT2D eigenvalue weighted by atomic mass is 16.5. The van der Waals surface area contributed by atoms with Gasteiger partial charge in [0.15, 0.2) is 0 Å². The fraction of sp³-hybridized carbons (Fsp3) is 0.353. The lowest BCUT2D eigenvalue weighted by molar-refractivity contribution is 0.240. The fourth-order valence-corrected chi connectivity index (χ4v) is 2.01. The van der Waals surface area contributed by atoms with E-state index in [1.54, 1.807) is 6.20 Å². The summed E-state index contributed by atoms with van der Waals surface area (Å²) >= 11 is 0. The molecule has 1 atom stereocenters. The fourth-order valence-electron chi connectivity index (χ4n) is 2.01. The Morgan fingerprint density at radius 1 is 1.10 bits per heavy atom. The average molecular weight is 286 g/mol. The number of ether oxygens (including phenoxy) is 2. The summed E-state index contributed by atoms with van der Waals surface area (Å²) < 4.78 is 11.5. The van der Waals surface area contributed by atoms with E-state index in [4.69, 9.17) is 9.47 Å². The normalized spacial score (nSPS) is 12.2. The van der Waals surface area contributed by atoms with Gasteiger partial charge in [-0.05, 0) is 44.7 Å². The van der Waals surface area contributed by atoms with E-state index in [0.717, 1.165) is 17.1 Å². The molecule has 0 radical (unpaired) electrons. The molecule has 0 saturated carbocycles. The van der Waals surface area contributed by atoms with Crippen molar-refractivity contribution in [1.29, 1.82) is 0 Å². The van der Waals surface area contributed by atoms with Crippen LogP contribution in [0.15, 0.2) is 48.8 Å². The summed E-state index contributed by atoms with van der Waals surface area (Å²) in [5.74, 6) is 1.64. The molecule has 0 amide bonds. The van der Waals surface area contributed by atoms with Crippen LogP contribution in [0, 0.1) is 0 Å². The van der Waals surface area contributed by atoms with Gasteiger partial charge in [0.05, 0.1) is 18.3 Å². The molecule has 1 unspecified atom stereocenters. The standard InChI is InChI=1S/C17H22N2O2/c1-13(2)21-16-9-14(10-19-11-16)17(18-3)12-20-15-7-5-4-6-8-15/h4-11,13,17-18H,12H2,1-3H3. The predicted molar refractivity (Wildman–Crippen MR) is 83.7 cm³/mol. The van der Waals surface area contributed by atoms with Crippen LogP contribution in [0.4, 0.5) is 0 Å². The van der Waals surface area contributed by atoms with E-state index in [2.05, 4.69) is 10.3 Å². The Labute approximate surface area is 126 Å². The molecule has 2 aromatic rings. The summed E-state index contributed by atoms with van der Waals surface area (Å²) in [5.41, 5.74) is 1.05. The van der Waals surface area contributed by atoms with Crippen LogP contribution in [0.1, 0.15) is 25.5 Å². The molecule has 0 aliphatic carbocycles. The molecule has 1 heterocycles. The van der Waals surface area contributed by atoms with Crippen molar-refractivity contribution in [3.8, 4) is 11.5 Å². The van der Waals surface area contributed by atoms with Crippen LogP contribution in [0.5, 0.6) is 11.5 Å². The molecule has 2 rings (SSSR count). The van der Waals surface area contributed by atoms with E-state index in [1.165, 1.54) is 0 Å². The first-order valence-electron chi connectivity index (χ1n) is 7.15. The van der Waals surface area contributed by atoms with Crippen molar-refractivity contribution in [2.75, 3.05) is 13.7 Å². The van der Waals surface area contributed by atoms with E-state index in [0.29, 0.717) is 6.61 Å². The molecule has 0 bridgehead atoms. The molecule has 0 spiro atoms. The summed E-state index contributed by atoms with van der Waals surface area (Å²) in [4.78, 5) is 4.24. The van der Waals surface area contributed by atoms with Gasteiger partial charge in [-0.25, -0.2) is 0 Å². The van der Waals surface area contributed by atoms with Crippen LogP contribution in [0.3, 0.4) is 0 Å². The van der Waals surface area contributed by atoms with E-state index in [1.807, 2.05) is 63.5 Å². The minimum atomic E-state index is 0.0634. The minimum absolute atomic E-state index is 0.0634. The maximum atomic E-state index is 5.80. The maximum absolute atomic E-state index is 5.80. The van der Waals surface area contributed by atoms with Crippen LogP contribution in [0.25, 0.3) is 0 Å². The van der Waals surface area contributed by atoms with Crippen LogP contribution in [-0.2, 0) is 0 Å². The van der Waals surface area contributed by atoms with E-state index >= 15 is 0 Å². The van der Waals surface area contributed by atoms with Gasteiger partial charge in [0.1, 0.15) is 18.1 Å². The van der Waals surface area contributed by atoms with Gasteiger partial charge in [0.2, 0.25) is 0 Å². The number of rotatable bonds is 7. The predicted octanol–water partition coefficient (Wildman–Crippen LogP) is 3.21. The smallest absolute Gasteiger partial charge is 0.138 e. The van der Waals surface area contributed by atoms with Crippen molar-refractivity contribution < 1.29 is 9.47 Å². The lowest BCUT2D eigenvalue weighted by atomic mass is 10.1. The molecule has 0 saturated heterocycles. The Balaban J connectivity index is 2.03. The van der Waals surface area contributed by atoms with Crippen LogP contribution in [-0.4, -0.2) is 24.7 Å². The molecule has 21 heavy (non-hydrogen) atoms. The van der Waals surface area contributed by atoms with Crippen molar-refractivity contribution in [2.24, 2.45) is 0 Å². The molecule has 4 nitrogen and oxygen atoms in total. The monoisotopic (exact) mass is 286 g/mol. The van der Waals surface area contributed by atoms with Gasteiger partial charge in [-0.3, -0.25) is 4.98 Å². The van der Waals surface area contributed by atoms with Crippen molar-refractivity contribution in [1.82, 2.24) is 10.3 Å². The molecule has 0 aliphatic heterocycles. The molecule has 0 aliphatic rings. The summed E-state index contributed by atoms with van der Waals surface area (Å²) in [6.45, 7) is 4.54. The lowest BCUT2D eigenvalue weighted by Gasteiger charge is -2.18. The first kappa shape index (κ1) is 15.3. The molecule has 1 N–H and O–H groups in total. The SMILES string of the molecule is CNC(COc1ccccc1)c1cncc(OC(C)C)c1. The highest BCUT2D eigenvalue weighted by Gasteiger charge is 2.12. The van der Waals surface area contributed by atoms with E-state index < -0.39 is 0 Å². The zero-order valence-corrected chi connectivity index (χ0v) is 12.7. The van der Waals surface area contributed by atoms with E-state index in [9.17, 15) is 0 Å². The lowest BCUT2D eigenvalue weighted by Crippen LogP contribution is -2.23. The summed E-state index contributed by atoms with van der Waals surface area (Å²) in [6, 6.07) is 11.9. The first-order valence-corrected chi connectivity index (χ1v) is 7.15.